The van der Waals surface area contributed by atoms with Crippen LogP contribution >= 0.6 is 11.8 Å². The maximum absolute atomic E-state index is 12.8. The minimum atomic E-state index is -0.757. The summed E-state index contributed by atoms with van der Waals surface area (Å²) in [6, 6.07) is 18.4. The molecule has 0 unspecified atom stereocenters. The third kappa shape index (κ3) is 6.53. The minimum absolute atomic E-state index is 0.359. The van der Waals surface area contributed by atoms with Gasteiger partial charge in [-0.25, -0.2) is 4.79 Å². The second-order valence-electron chi connectivity index (χ2n) is 7.84. The average molecular weight is 439 g/mol. The van der Waals surface area contributed by atoms with Gasteiger partial charge in [-0.2, -0.15) is 0 Å². The first kappa shape index (κ1) is 23.3. The topological polar surface area (TPSA) is 51.1 Å². The molecule has 0 aliphatic carbocycles. The molecule has 6 heteroatoms. The Kier molecular flexibility index (Phi) is 8.46. The fourth-order valence-corrected chi connectivity index (χ4v) is 4.12. The van der Waals surface area contributed by atoms with E-state index in [-0.39, 0.29) is 5.97 Å². The Labute approximate surface area is 189 Å². The predicted molar refractivity (Wildman–Crippen MR) is 126 cm³/mol. The quantitative estimate of drug-likeness (QED) is 0.234. The zero-order valence-corrected chi connectivity index (χ0v) is 19.1. The molecule has 1 aliphatic rings. The van der Waals surface area contributed by atoms with Gasteiger partial charge < -0.3 is 9.57 Å². The predicted octanol–water partition coefficient (Wildman–Crippen LogP) is 5.16. The van der Waals surface area contributed by atoms with E-state index in [0.717, 1.165) is 22.6 Å². The van der Waals surface area contributed by atoms with Crippen molar-refractivity contribution in [1.82, 2.24) is 4.90 Å². The van der Waals surface area contributed by atoms with Crippen LogP contribution in [0.15, 0.2) is 82.2 Å². The van der Waals surface area contributed by atoms with E-state index in [9.17, 15) is 4.79 Å². The fraction of sp³-hybridized carbons (Fsp3) is 0.360. The molecule has 1 aliphatic heterocycles. The standard InChI is InChI=1S/C25H30N2O3S/c1-4-5-11-23(26-30-24(28)25(2,3)27-16-18-29-19-17-27)20-12-14-22(15-13-20)31-21-9-7-6-8-10-21/h4,6-10,12-15H,1,5,11,16-19H2,2-3H3. The van der Waals surface area contributed by atoms with Crippen LogP contribution in [0.1, 0.15) is 32.3 Å². The van der Waals surface area contributed by atoms with Crippen molar-refractivity contribution in [3.8, 4) is 0 Å². The lowest BCUT2D eigenvalue weighted by Crippen LogP contribution is -2.54. The maximum Gasteiger partial charge on any atom is 0.354 e. The molecular weight excluding hydrogens is 408 g/mol. The second kappa shape index (κ2) is 11.3. The van der Waals surface area contributed by atoms with Gasteiger partial charge in [0.1, 0.15) is 5.54 Å². The van der Waals surface area contributed by atoms with E-state index >= 15 is 0 Å². The van der Waals surface area contributed by atoms with Crippen molar-refractivity contribution >= 4 is 23.4 Å². The van der Waals surface area contributed by atoms with Crippen LogP contribution in [-0.4, -0.2) is 48.4 Å². The first-order valence-corrected chi connectivity index (χ1v) is 11.4. The van der Waals surface area contributed by atoms with E-state index in [1.807, 2.05) is 50.3 Å². The van der Waals surface area contributed by atoms with Gasteiger partial charge in [0.05, 0.1) is 18.9 Å². The number of benzene rings is 2. The van der Waals surface area contributed by atoms with Crippen LogP contribution in [0.25, 0.3) is 0 Å². The highest BCUT2D eigenvalue weighted by atomic mass is 32.2. The molecule has 0 radical (unpaired) electrons. The molecule has 0 saturated carbocycles. The van der Waals surface area contributed by atoms with Crippen molar-refractivity contribution in [3.05, 3.63) is 72.8 Å². The molecule has 2 aromatic rings. The Morgan fingerprint density at radius 1 is 1.13 bits per heavy atom. The largest absolute Gasteiger partial charge is 0.379 e. The Morgan fingerprint density at radius 2 is 1.77 bits per heavy atom. The lowest BCUT2D eigenvalue weighted by molar-refractivity contribution is -0.159. The molecule has 1 saturated heterocycles. The summed E-state index contributed by atoms with van der Waals surface area (Å²) in [4.78, 5) is 22.6. The number of carbonyl (C=O) groups is 1. The zero-order chi connectivity index (χ0) is 22.1. The summed E-state index contributed by atoms with van der Waals surface area (Å²) in [5.41, 5.74) is 0.922. The summed E-state index contributed by atoms with van der Waals surface area (Å²) >= 11 is 1.71. The second-order valence-corrected chi connectivity index (χ2v) is 8.99. The highest BCUT2D eigenvalue weighted by molar-refractivity contribution is 7.99. The van der Waals surface area contributed by atoms with E-state index in [1.54, 1.807) is 11.8 Å². The number of rotatable bonds is 9. The number of allylic oxidation sites excluding steroid dienone is 1. The molecule has 164 valence electrons. The summed E-state index contributed by atoms with van der Waals surface area (Å²) in [6.07, 6.45) is 3.25. The maximum atomic E-state index is 12.8. The van der Waals surface area contributed by atoms with Gasteiger partial charge in [-0.05, 0) is 56.5 Å². The Bertz CT molecular complexity index is 889. The van der Waals surface area contributed by atoms with Crippen molar-refractivity contribution in [2.45, 2.75) is 42.0 Å². The molecule has 2 aromatic carbocycles. The number of hydrogen-bond acceptors (Lipinski definition) is 6. The third-order valence-electron chi connectivity index (χ3n) is 5.29. The highest BCUT2D eigenvalue weighted by Crippen LogP contribution is 2.27. The number of ether oxygens (including phenoxy) is 1. The first-order chi connectivity index (χ1) is 15.0. The molecule has 0 bridgehead atoms. The van der Waals surface area contributed by atoms with Crippen LogP contribution in [0.4, 0.5) is 0 Å². The summed E-state index contributed by atoms with van der Waals surface area (Å²) < 4.78 is 5.39. The van der Waals surface area contributed by atoms with E-state index in [2.05, 4.69) is 40.9 Å². The molecule has 1 fully saturated rings. The molecule has 0 amide bonds. The fourth-order valence-electron chi connectivity index (χ4n) is 3.28. The number of hydrogen-bond donors (Lipinski definition) is 0. The van der Waals surface area contributed by atoms with E-state index in [0.29, 0.717) is 32.7 Å². The van der Waals surface area contributed by atoms with Gasteiger partial charge in [0.2, 0.25) is 0 Å². The molecule has 31 heavy (non-hydrogen) atoms. The zero-order valence-electron chi connectivity index (χ0n) is 18.3. The van der Waals surface area contributed by atoms with Crippen LogP contribution in [0.2, 0.25) is 0 Å². The Morgan fingerprint density at radius 3 is 2.42 bits per heavy atom. The molecule has 0 atom stereocenters. The Hall–Kier alpha value is -2.41. The monoisotopic (exact) mass is 438 g/mol. The SMILES string of the molecule is C=CCCC(=NOC(=O)C(C)(C)N1CCOCC1)c1ccc(Sc2ccccc2)cc1. The smallest absolute Gasteiger partial charge is 0.354 e. The van der Waals surface area contributed by atoms with Crippen LogP contribution in [0, 0.1) is 0 Å². The number of carbonyl (C=O) groups excluding carboxylic acids is 1. The lowest BCUT2D eigenvalue weighted by atomic mass is 10.0. The van der Waals surface area contributed by atoms with Crippen LogP contribution < -0.4 is 0 Å². The summed E-state index contributed by atoms with van der Waals surface area (Å²) in [5, 5.41) is 4.26. The van der Waals surface area contributed by atoms with Crippen molar-refractivity contribution in [2.75, 3.05) is 26.3 Å². The van der Waals surface area contributed by atoms with E-state index < -0.39 is 5.54 Å². The van der Waals surface area contributed by atoms with Gasteiger partial charge in [0.15, 0.2) is 0 Å². The van der Waals surface area contributed by atoms with E-state index in [1.165, 1.54) is 4.90 Å². The molecule has 3 rings (SSSR count). The van der Waals surface area contributed by atoms with Crippen molar-refractivity contribution in [2.24, 2.45) is 5.16 Å². The van der Waals surface area contributed by atoms with Gasteiger partial charge in [0.25, 0.3) is 0 Å². The molecule has 0 aromatic heterocycles. The lowest BCUT2D eigenvalue weighted by Gasteiger charge is -2.37. The van der Waals surface area contributed by atoms with Crippen molar-refractivity contribution in [3.63, 3.8) is 0 Å². The first-order valence-electron chi connectivity index (χ1n) is 10.6. The molecular formula is C25H30N2O3S. The van der Waals surface area contributed by atoms with Gasteiger partial charge in [0, 0.05) is 22.9 Å². The molecule has 1 heterocycles. The van der Waals surface area contributed by atoms with Crippen LogP contribution in [0.5, 0.6) is 0 Å². The van der Waals surface area contributed by atoms with Crippen molar-refractivity contribution in [1.29, 1.82) is 0 Å². The van der Waals surface area contributed by atoms with Gasteiger partial charge in [-0.3, -0.25) is 4.90 Å². The van der Waals surface area contributed by atoms with Gasteiger partial charge in [-0.15, -0.1) is 6.58 Å². The summed E-state index contributed by atoms with van der Waals surface area (Å²) in [7, 11) is 0. The van der Waals surface area contributed by atoms with E-state index in [4.69, 9.17) is 9.57 Å². The summed E-state index contributed by atoms with van der Waals surface area (Å²) in [6.45, 7) is 10.2. The number of morpholine rings is 1. The highest BCUT2D eigenvalue weighted by Gasteiger charge is 2.37. The normalized spacial score (nSPS) is 15.5. The van der Waals surface area contributed by atoms with Gasteiger partial charge >= 0.3 is 5.97 Å². The van der Waals surface area contributed by atoms with Crippen LogP contribution in [0.3, 0.4) is 0 Å². The minimum Gasteiger partial charge on any atom is -0.379 e. The van der Waals surface area contributed by atoms with Crippen LogP contribution in [-0.2, 0) is 14.4 Å². The Balaban J connectivity index is 1.70. The third-order valence-corrected chi connectivity index (χ3v) is 6.31. The average Bonchev–Trinajstić information content (AvgIpc) is 2.81. The molecule has 5 nitrogen and oxygen atoms in total. The molecule has 0 spiro atoms. The molecule has 0 N–H and O–H groups in total. The van der Waals surface area contributed by atoms with Crippen molar-refractivity contribution < 1.29 is 14.4 Å². The van der Waals surface area contributed by atoms with Gasteiger partial charge in [-0.1, -0.05) is 53.3 Å². The number of nitrogens with zero attached hydrogens (tertiary/aromatic N) is 2. The summed E-state index contributed by atoms with van der Waals surface area (Å²) in [5.74, 6) is -0.359. The number of oxime groups is 1.